The molecule has 0 heterocycles. The number of anilines is 1. The van der Waals surface area contributed by atoms with Crippen molar-refractivity contribution in [2.75, 3.05) is 5.73 Å². The lowest BCUT2D eigenvalue weighted by atomic mass is 9.49. The molecule has 0 aromatic heterocycles. The van der Waals surface area contributed by atoms with Gasteiger partial charge in [0.25, 0.3) is 0 Å². The molecule has 25 heavy (non-hydrogen) atoms. The molecule has 0 spiro atoms. The van der Waals surface area contributed by atoms with Gasteiger partial charge in [-0.2, -0.15) is 13.2 Å². The summed E-state index contributed by atoms with van der Waals surface area (Å²) in [5, 5.41) is 3.62. The van der Waals surface area contributed by atoms with Crippen LogP contribution in [0.4, 0.5) is 18.9 Å². The Balaban J connectivity index is 1.53. The zero-order chi connectivity index (χ0) is 18.0. The molecule has 138 valence electrons. The molecule has 0 amide bonds. The van der Waals surface area contributed by atoms with E-state index in [1.807, 2.05) is 12.1 Å². The summed E-state index contributed by atoms with van der Waals surface area (Å²) < 4.78 is 42.2. The van der Waals surface area contributed by atoms with E-state index in [0.717, 1.165) is 33.8 Å². The Morgan fingerprint density at radius 3 is 2.36 bits per heavy atom. The highest BCUT2D eigenvalue weighted by Crippen LogP contribution is 2.61. The molecule has 4 saturated carbocycles. The first-order valence-electron chi connectivity index (χ1n) is 8.72. The quantitative estimate of drug-likeness (QED) is 0.548. The SMILES string of the molecule is Nc1c(Br)cc(Br)cc1CNC12CC3CC(C1)C(C(F)(F)F)C(C3)C2. The second-order valence-corrected chi connectivity index (χ2v) is 9.90. The highest BCUT2D eigenvalue weighted by atomic mass is 79.9. The minimum atomic E-state index is -4.05. The standard InChI is InChI=1S/C18H21Br2F3N2/c19-13-3-12(16(24)14(20)4-13)8-25-17-5-9-1-10(6-17)15(18(21,22)23)11(2-9)7-17/h3-4,9-11,15,25H,1-2,5-8,24H2. The Morgan fingerprint density at radius 1 is 1.12 bits per heavy atom. The van der Waals surface area contributed by atoms with E-state index in [-0.39, 0.29) is 17.4 Å². The summed E-state index contributed by atoms with van der Waals surface area (Å²) in [5.74, 6) is -1.09. The molecule has 5 rings (SSSR count). The second-order valence-electron chi connectivity index (χ2n) is 8.13. The number of hydrogen-bond acceptors (Lipinski definition) is 2. The van der Waals surface area contributed by atoms with Crippen LogP contribution in [0.1, 0.15) is 37.7 Å². The fourth-order valence-electron chi connectivity index (χ4n) is 5.84. The summed E-state index contributed by atoms with van der Waals surface area (Å²) in [5.41, 5.74) is 7.66. The Morgan fingerprint density at radius 2 is 1.76 bits per heavy atom. The number of rotatable bonds is 3. The van der Waals surface area contributed by atoms with Crippen LogP contribution in [-0.4, -0.2) is 11.7 Å². The van der Waals surface area contributed by atoms with E-state index in [0.29, 0.717) is 31.0 Å². The maximum absolute atomic E-state index is 13.5. The fraction of sp³-hybridized carbons (Fsp3) is 0.667. The molecule has 4 aliphatic rings. The molecule has 0 radical (unpaired) electrons. The molecule has 4 fully saturated rings. The Kier molecular flexibility index (Phi) is 4.44. The van der Waals surface area contributed by atoms with E-state index in [1.165, 1.54) is 0 Å². The maximum Gasteiger partial charge on any atom is 0.392 e. The summed E-state index contributed by atoms with van der Waals surface area (Å²) >= 11 is 6.92. The van der Waals surface area contributed by atoms with Crippen LogP contribution in [0, 0.1) is 23.7 Å². The van der Waals surface area contributed by atoms with Crippen molar-refractivity contribution in [1.29, 1.82) is 0 Å². The van der Waals surface area contributed by atoms with E-state index in [1.54, 1.807) is 0 Å². The van der Waals surface area contributed by atoms with Gasteiger partial charge in [-0.15, -0.1) is 0 Å². The van der Waals surface area contributed by atoms with Crippen molar-refractivity contribution in [2.24, 2.45) is 23.7 Å². The molecule has 1 aromatic rings. The monoisotopic (exact) mass is 480 g/mol. The molecule has 3 N–H and O–H groups in total. The lowest BCUT2D eigenvalue weighted by molar-refractivity contribution is -0.242. The van der Waals surface area contributed by atoms with Crippen LogP contribution in [0.3, 0.4) is 0 Å². The van der Waals surface area contributed by atoms with Gasteiger partial charge in [0.1, 0.15) is 0 Å². The predicted octanol–water partition coefficient (Wildman–Crippen LogP) is 5.64. The van der Waals surface area contributed by atoms with Crippen molar-refractivity contribution in [1.82, 2.24) is 5.32 Å². The number of halogens is 5. The lowest BCUT2D eigenvalue weighted by Gasteiger charge is -2.60. The molecule has 2 unspecified atom stereocenters. The van der Waals surface area contributed by atoms with Gasteiger partial charge in [-0.3, -0.25) is 0 Å². The van der Waals surface area contributed by atoms with Crippen LogP contribution in [0.15, 0.2) is 21.1 Å². The smallest absolute Gasteiger partial charge is 0.392 e. The summed E-state index contributed by atoms with van der Waals surface area (Å²) in [7, 11) is 0. The highest BCUT2D eigenvalue weighted by molar-refractivity contribution is 9.11. The third-order valence-electron chi connectivity index (χ3n) is 6.48. The number of benzene rings is 1. The second kappa shape index (κ2) is 6.13. The summed E-state index contributed by atoms with van der Waals surface area (Å²) in [6, 6.07) is 3.88. The third-order valence-corrected chi connectivity index (χ3v) is 7.60. The van der Waals surface area contributed by atoms with Gasteiger partial charge >= 0.3 is 6.18 Å². The lowest BCUT2D eigenvalue weighted by Crippen LogP contribution is -2.63. The van der Waals surface area contributed by atoms with Crippen molar-refractivity contribution in [3.63, 3.8) is 0 Å². The van der Waals surface area contributed by atoms with Gasteiger partial charge in [0.05, 0.1) is 11.6 Å². The van der Waals surface area contributed by atoms with Crippen LogP contribution in [0.25, 0.3) is 0 Å². The van der Waals surface area contributed by atoms with E-state index >= 15 is 0 Å². The van der Waals surface area contributed by atoms with Crippen molar-refractivity contribution >= 4 is 37.5 Å². The highest BCUT2D eigenvalue weighted by Gasteiger charge is 2.61. The Bertz CT molecular complexity index is 676. The van der Waals surface area contributed by atoms with Crippen molar-refractivity contribution in [3.05, 3.63) is 26.6 Å². The van der Waals surface area contributed by atoms with E-state index < -0.39 is 12.1 Å². The third kappa shape index (κ3) is 3.25. The molecule has 4 bridgehead atoms. The molecule has 7 heteroatoms. The van der Waals surface area contributed by atoms with Gasteiger partial charge in [0.2, 0.25) is 0 Å². The van der Waals surface area contributed by atoms with Crippen molar-refractivity contribution in [2.45, 2.75) is 50.4 Å². The maximum atomic E-state index is 13.5. The van der Waals surface area contributed by atoms with Gasteiger partial charge in [-0.05, 0) is 83.5 Å². The van der Waals surface area contributed by atoms with Gasteiger partial charge in [0, 0.05) is 21.0 Å². The van der Waals surface area contributed by atoms with Crippen LogP contribution < -0.4 is 11.1 Å². The van der Waals surface area contributed by atoms with Crippen LogP contribution in [0.2, 0.25) is 0 Å². The molecule has 4 aliphatic carbocycles. The minimum Gasteiger partial charge on any atom is -0.398 e. The van der Waals surface area contributed by atoms with E-state index in [2.05, 4.69) is 37.2 Å². The first kappa shape index (κ1) is 18.1. The van der Waals surface area contributed by atoms with E-state index in [4.69, 9.17) is 5.73 Å². The number of nitrogens with one attached hydrogen (secondary N) is 1. The topological polar surface area (TPSA) is 38.0 Å². The number of hydrogen-bond donors (Lipinski definition) is 2. The van der Waals surface area contributed by atoms with Crippen molar-refractivity contribution in [3.8, 4) is 0 Å². The van der Waals surface area contributed by atoms with Crippen LogP contribution >= 0.6 is 31.9 Å². The van der Waals surface area contributed by atoms with E-state index in [9.17, 15) is 13.2 Å². The number of alkyl halides is 3. The summed E-state index contributed by atoms with van der Waals surface area (Å²) in [6.07, 6.45) is -0.287. The predicted molar refractivity (Wildman–Crippen MR) is 98.9 cm³/mol. The zero-order valence-electron chi connectivity index (χ0n) is 13.7. The van der Waals surface area contributed by atoms with Gasteiger partial charge in [-0.1, -0.05) is 15.9 Å². The molecule has 0 saturated heterocycles. The Hall–Kier alpha value is -0.270. The summed E-state index contributed by atoms with van der Waals surface area (Å²) in [6.45, 7) is 0.590. The molecule has 2 atom stereocenters. The summed E-state index contributed by atoms with van der Waals surface area (Å²) in [4.78, 5) is 0. The first-order chi connectivity index (χ1) is 11.7. The molecule has 2 nitrogen and oxygen atoms in total. The minimum absolute atomic E-state index is 0.153. The normalized spacial score (nSPS) is 36.8. The first-order valence-corrected chi connectivity index (χ1v) is 10.3. The number of nitrogen functional groups attached to an aromatic ring is 1. The molecular weight excluding hydrogens is 461 g/mol. The average molecular weight is 482 g/mol. The van der Waals surface area contributed by atoms with Crippen molar-refractivity contribution < 1.29 is 13.2 Å². The Labute approximate surface area is 162 Å². The average Bonchev–Trinajstić information content (AvgIpc) is 2.47. The molecular formula is C18H21Br2F3N2. The van der Waals surface area contributed by atoms with Gasteiger partial charge in [-0.25, -0.2) is 0 Å². The zero-order valence-corrected chi connectivity index (χ0v) is 16.8. The fourth-order valence-corrected chi connectivity index (χ4v) is 7.16. The molecule has 1 aromatic carbocycles. The largest absolute Gasteiger partial charge is 0.398 e. The molecule has 0 aliphatic heterocycles. The van der Waals surface area contributed by atoms with Gasteiger partial charge in [0.15, 0.2) is 0 Å². The number of nitrogens with two attached hydrogens (primary N) is 1. The van der Waals surface area contributed by atoms with Crippen LogP contribution in [0.5, 0.6) is 0 Å². The van der Waals surface area contributed by atoms with Gasteiger partial charge < -0.3 is 11.1 Å². The van der Waals surface area contributed by atoms with Crippen LogP contribution in [-0.2, 0) is 6.54 Å².